The minimum atomic E-state index is -1.10. The second-order valence-corrected chi connectivity index (χ2v) is 5.96. The van der Waals surface area contributed by atoms with Crippen molar-refractivity contribution in [3.63, 3.8) is 0 Å². The van der Waals surface area contributed by atoms with Gasteiger partial charge >= 0.3 is 5.97 Å². The van der Waals surface area contributed by atoms with Gasteiger partial charge in [-0.15, -0.1) is 11.8 Å². The standard InChI is InChI=1S/C13H24N2O4S/c1-5-10(6-2)15-12(17)8(3)20-7-11(13(18)19)14-9(4)16/h8,10-11H,5-7H2,1-4H3,(H,14,16)(H,15,17)(H,18,19)/t8?,11-/m0/s1. The number of amides is 2. The molecule has 0 spiro atoms. The molecule has 0 rings (SSSR count). The van der Waals surface area contributed by atoms with Crippen LogP contribution in [0.25, 0.3) is 0 Å². The lowest BCUT2D eigenvalue weighted by Crippen LogP contribution is -2.43. The average molecular weight is 304 g/mol. The van der Waals surface area contributed by atoms with E-state index in [1.165, 1.54) is 18.7 Å². The van der Waals surface area contributed by atoms with Crippen molar-refractivity contribution in [2.24, 2.45) is 0 Å². The molecule has 0 saturated carbocycles. The summed E-state index contributed by atoms with van der Waals surface area (Å²) in [7, 11) is 0. The molecular weight excluding hydrogens is 280 g/mol. The van der Waals surface area contributed by atoms with E-state index in [0.29, 0.717) is 0 Å². The highest BCUT2D eigenvalue weighted by Crippen LogP contribution is 2.13. The van der Waals surface area contributed by atoms with Gasteiger partial charge in [-0.2, -0.15) is 0 Å². The molecule has 0 radical (unpaired) electrons. The second kappa shape index (κ2) is 9.63. The Labute approximate surface area is 124 Å². The van der Waals surface area contributed by atoms with E-state index in [9.17, 15) is 14.4 Å². The van der Waals surface area contributed by atoms with Crippen LogP contribution >= 0.6 is 11.8 Å². The van der Waals surface area contributed by atoms with E-state index in [0.717, 1.165) is 12.8 Å². The Hall–Kier alpha value is -1.24. The van der Waals surface area contributed by atoms with Crippen LogP contribution in [-0.4, -0.2) is 46.0 Å². The molecule has 6 nitrogen and oxygen atoms in total. The molecule has 2 amide bonds. The number of carbonyl (C=O) groups excluding carboxylic acids is 2. The highest BCUT2D eigenvalue weighted by Gasteiger charge is 2.22. The summed E-state index contributed by atoms with van der Waals surface area (Å²) in [5, 5.41) is 13.9. The lowest BCUT2D eigenvalue weighted by atomic mass is 10.2. The zero-order chi connectivity index (χ0) is 15.7. The Kier molecular flexibility index (Phi) is 9.03. The Bertz CT molecular complexity index is 345. The molecule has 0 saturated heterocycles. The normalized spacial score (nSPS) is 13.7. The highest BCUT2D eigenvalue weighted by molar-refractivity contribution is 8.00. The van der Waals surface area contributed by atoms with Gasteiger partial charge in [0.15, 0.2) is 0 Å². The van der Waals surface area contributed by atoms with Crippen molar-refractivity contribution in [3.8, 4) is 0 Å². The van der Waals surface area contributed by atoms with Crippen molar-refractivity contribution in [2.45, 2.75) is 57.9 Å². The van der Waals surface area contributed by atoms with E-state index in [-0.39, 0.29) is 23.0 Å². The first kappa shape index (κ1) is 18.8. The molecule has 3 N–H and O–H groups in total. The number of hydrogen-bond acceptors (Lipinski definition) is 4. The van der Waals surface area contributed by atoms with Crippen LogP contribution in [0.1, 0.15) is 40.5 Å². The molecule has 0 aliphatic carbocycles. The molecule has 20 heavy (non-hydrogen) atoms. The monoisotopic (exact) mass is 304 g/mol. The van der Waals surface area contributed by atoms with Crippen LogP contribution in [0, 0.1) is 0 Å². The number of carboxylic acid groups (broad SMARTS) is 1. The summed E-state index contributed by atoms with van der Waals surface area (Å²) in [6.07, 6.45) is 1.73. The van der Waals surface area contributed by atoms with E-state index < -0.39 is 17.9 Å². The van der Waals surface area contributed by atoms with E-state index in [1.54, 1.807) is 6.92 Å². The first-order valence-electron chi connectivity index (χ1n) is 6.73. The third-order valence-corrected chi connectivity index (χ3v) is 4.13. The number of carboxylic acids is 1. The van der Waals surface area contributed by atoms with Gasteiger partial charge in [-0.3, -0.25) is 9.59 Å². The highest BCUT2D eigenvalue weighted by atomic mass is 32.2. The molecule has 2 atom stereocenters. The van der Waals surface area contributed by atoms with Gasteiger partial charge in [-0.1, -0.05) is 13.8 Å². The molecule has 0 aliphatic heterocycles. The van der Waals surface area contributed by atoms with Gasteiger partial charge in [0, 0.05) is 18.7 Å². The quantitative estimate of drug-likeness (QED) is 0.591. The summed E-state index contributed by atoms with van der Waals surface area (Å²) in [6, 6.07) is -0.822. The number of aliphatic carboxylic acids is 1. The molecule has 7 heteroatoms. The minimum absolute atomic E-state index is 0.101. The first-order chi connectivity index (χ1) is 9.31. The Morgan fingerprint density at radius 3 is 2.10 bits per heavy atom. The summed E-state index contributed by atoms with van der Waals surface area (Å²) >= 11 is 1.22. The van der Waals surface area contributed by atoms with Crippen molar-refractivity contribution >= 4 is 29.5 Å². The first-order valence-corrected chi connectivity index (χ1v) is 7.78. The van der Waals surface area contributed by atoms with Crippen molar-refractivity contribution in [1.82, 2.24) is 10.6 Å². The molecule has 116 valence electrons. The summed E-state index contributed by atoms with van der Waals surface area (Å²) in [4.78, 5) is 33.8. The van der Waals surface area contributed by atoms with Crippen molar-refractivity contribution in [2.75, 3.05) is 5.75 Å². The fourth-order valence-electron chi connectivity index (χ4n) is 1.55. The van der Waals surface area contributed by atoms with Crippen molar-refractivity contribution < 1.29 is 19.5 Å². The molecule has 0 aromatic carbocycles. The summed E-state index contributed by atoms with van der Waals surface area (Å²) < 4.78 is 0. The Morgan fingerprint density at radius 2 is 1.70 bits per heavy atom. The fraction of sp³-hybridized carbons (Fsp3) is 0.769. The van der Waals surface area contributed by atoms with E-state index in [1.807, 2.05) is 13.8 Å². The number of hydrogen-bond donors (Lipinski definition) is 3. The largest absolute Gasteiger partial charge is 0.480 e. The summed E-state index contributed by atoms with van der Waals surface area (Å²) in [5.41, 5.74) is 0. The van der Waals surface area contributed by atoms with E-state index >= 15 is 0 Å². The van der Waals surface area contributed by atoms with Gasteiger partial charge in [0.05, 0.1) is 5.25 Å². The predicted molar refractivity (Wildman–Crippen MR) is 79.7 cm³/mol. The Balaban J connectivity index is 4.30. The SMILES string of the molecule is CCC(CC)NC(=O)C(C)SC[C@H](NC(C)=O)C(=O)O. The Morgan fingerprint density at radius 1 is 1.15 bits per heavy atom. The minimum Gasteiger partial charge on any atom is -0.480 e. The smallest absolute Gasteiger partial charge is 0.327 e. The molecule has 0 aliphatic rings. The molecule has 0 aromatic heterocycles. The van der Waals surface area contributed by atoms with Gasteiger partial charge in [0.2, 0.25) is 11.8 Å². The average Bonchev–Trinajstić information content (AvgIpc) is 2.39. The maximum absolute atomic E-state index is 11.9. The maximum Gasteiger partial charge on any atom is 0.327 e. The van der Waals surface area contributed by atoms with Gasteiger partial charge in [0.1, 0.15) is 6.04 Å². The zero-order valence-electron chi connectivity index (χ0n) is 12.4. The van der Waals surface area contributed by atoms with Gasteiger partial charge in [-0.05, 0) is 19.8 Å². The van der Waals surface area contributed by atoms with Gasteiger partial charge < -0.3 is 15.7 Å². The lowest BCUT2D eigenvalue weighted by Gasteiger charge is -2.19. The van der Waals surface area contributed by atoms with Crippen molar-refractivity contribution in [3.05, 3.63) is 0 Å². The van der Waals surface area contributed by atoms with Crippen LogP contribution in [0.15, 0.2) is 0 Å². The molecule has 0 bridgehead atoms. The van der Waals surface area contributed by atoms with Crippen LogP contribution < -0.4 is 10.6 Å². The van der Waals surface area contributed by atoms with Gasteiger partial charge in [0.25, 0.3) is 0 Å². The number of nitrogens with one attached hydrogen (secondary N) is 2. The topological polar surface area (TPSA) is 95.5 Å². The van der Waals surface area contributed by atoms with Crippen LogP contribution in [-0.2, 0) is 14.4 Å². The number of carbonyl (C=O) groups is 3. The molecule has 0 heterocycles. The summed E-state index contributed by atoms with van der Waals surface area (Å²) in [5.74, 6) is -1.44. The molecule has 0 fully saturated rings. The van der Waals surface area contributed by atoms with Crippen LogP contribution in [0.4, 0.5) is 0 Å². The lowest BCUT2D eigenvalue weighted by molar-refractivity contribution is -0.140. The molecular formula is C13H24N2O4S. The number of rotatable bonds is 9. The van der Waals surface area contributed by atoms with E-state index in [4.69, 9.17) is 5.11 Å². The number of thioether (sulfide) groups is 1. The second-order valence-electron chi connectivity index (χ2n) is 4.59. The molecule has 0 aromatic rings. The van der Waals surface area contributed by atoms with Crippen molar-refractivity contribution in [1.29, 1.82) is 0 Å². The third kappa shape index (κ3) is 7.37. The van der Waals surface area contributed by atoms with Crippen LogP contribution in [0.5, 0.6) is 0 Å². The fourth-order valence-corrected chi connectivity index (χ4v) is 2.47. The van der Waals surface area contributed by atoms with Gasteiger partial charge in [-0.25, -0.2) is 4.79 Å². The van der Waals surface area contributed by atoms with Crippen LogP contribution in [0.2, 0.25) is 0 Å². The maximum atomic E-state index is 11.9. The van der Waals surface area contributed by atoms with Crippen LogP contribution in [0.3, 0.4) is 0 Å². The zero-order valence-corrected chi connectivity index (χ0v) is 13.3. The summed E-state index contributed by atoms with van der Waals surface area (Å²) in [6.45, 7) is 7.01. The predicted octanol–water partition coefficient (Wildman–Crippen LogP) is 1.00. The third-order valence-electron chi connectivity index (χ3n) is 2.89. The van der Waals surface area contributed by atoms with E-state index in [2.05, 4.69) is 10.6 Å². The molecule has 1 unspecified atom stereocenters.